The average Bonchev–Trinajstić information content (AvgIpc) is 3.42. The lowest BCUT2D eigenvalue weighted by Gasteiger charge is -2.16. The van der Waals surface area contributed by atoms with Crippen molar-refractivity contribution in [2.75, 3.05) is 0 Å². The number of rotatable bonds is 2. The van der Waals surface area contributed by atoms with E-state index in [-0.39, 0.29) is 5.82 Å². The summed E-state index contributed by atoms with van der Waals surface area (Å²) >= 11 is 0. The van der Waals surface area contributed by atoms with Crippen LogP contribution in [0.4, 0.5) is 4.39 Å². The molecule has 7 rings (SSSR count). The van der Waals surface area contributed by atoms with E-state index in [0.717, 1.165) is 34.1 Å². The molecule has 3 heteroatoms. The fourth-order valence-electron chi connectivity index (χ4n) is 6.64. The molecule has 0 atom stereocenters. The van der Waals surface area contributed by atoms with Gasteiger partial charge in [0.05, 0.1) is 27.3 Å². The van der Waals surface area contributed by atoms with E-state index in [2.05, 4.69) is 66.4 Å². The van der Waals surface area contributed by atoms with E-state index in [9.17, 15) is 0 Å². The first kappa shape index (κ1) is 19.3. The molecule has 1 aliphatic rings. The Morgan fingerprint density at radius 3 is 2.61 bits per heavy atom. The predicted molar refractivity (Wildman–Crippen MR) is 135 cm³/mol. The van der Waals surface area contributed by atoms with Crippen LogP contribution < -0.4 is 4.57 Å². The molecule has 0 N–H and O–H groups in total. The summed E-state index contributed by atoms with van der Waals surface area (Å²) in [5.41, 5.74) is 8.45. The summed E-state index contributed by atoms with van der Waals surface area (Å²) < 4.78 is 19.9. The van der Waals surface area contributed by atoms with E-state index < -0.39 is 0 Å². The maximum atomic E-state index is 15.3. The summed E-state index contributed by atoms with van der Waals surface area (Å²) in [4.78, 5) is 0. The molecule has 0 saturated heterocycles. The van der Waals surface area contributed by atoms with Crippen LogP contribution in [0.1, 0.15) is 42.4 Å². The maximum Gasteiger partial charge on any atom is 0.224 e. The molecular weight excluding hydrogens is 407 g/mol. The number of nitrogens with zero attached hydrogens (tertiary/aromatic N) is 2. The van der Waals surface area contributed by atoms with Crippen molar-refractivity contribution in [1.29, 1.82) is 0 Å². The molecule has 0 amide bonds. The standard InChI is InChI=1S/C30H28FN2/c1-17-13-22-28-23(31)9-6-10-24(28)33-25-16-20(14-19-7-4-5-8-19)15-21-11-12-32(3)30(27(21)25)26(18(17)2)29(22)33/h6,9-13,15-16,19H,4-5,7-8,14H2,1-3H3/q+1. The first-order valence-electron chi connectivity index (χ1n) is 12.2. The van der Waals surface area contributed by atoms with Crippen LogP contribution in [-0.4, -0.2) is 4.40 Å². The molecule has 0 aliphatic heterocycles. The Bertz CT molecular complexity index is 1730. The molecule has 3 aromatic carbocycles. The second-order valence-electron chi connectivity index (χ2n) is 10.3. The second kappa shape index (κ2) is 6.66. The van der Waals surface area contributed by atoms with Crippen LogP contribution >= 0.6 is 0 Å². The van der Waals surface area contributed by atoms with Crippen LogP contribution in [0.25, 0.3) is 49.0 Å². The van der Waals surface area contributed by atoms with Gasteiger partial charge in [0.25, 0.3) is 0 Å². The zero-order chi connectivity index (χ0) is 22.4. The number of aryl methyl sites for hydroxylation is 3. The summed E-state index contributed by atoms with van der Waals surface area (Å²) in [6, 6.07) is 14.8. The maximum absolute atomic E-state index is 15.3. The highest BCUT2D eigenvalue weighted by molar-refractivity contribution is 6.26. The number of hydrogen-bond donors (Lipinski definition) is 0. The van der Waals surface area contributed by atoms with E-state index in [1.165, 1.54) is 69.6 Å². The van der Waals surface area contributed by atoms with Crippen molar-refractivity contribution in [3.05, 3.63) is 71.2 Å². The van der Waals surface area contributed by atoms with E-state index in [0.29, 0.717) is 0 Å². The Hall–Kier alpha value is -3.20. The number of halogens is 1. The monoisotopic (exact) mass is 435 g/mol. The summed E-state index contributed by atoms with van der Waals surface area (Å²) in [7, 11) is 2.14. The van der Waals surface area contributed by atoms with Gasteiger partial charge < -0.3 is 4.40 Å². The predicted octanol–water partition coefficient (Wildman–Crippen LogP) is 7.30. The van der Waals surface area contributed by atoms with E-state index in [1.54, 1.807) is 6.07 Å². The topological polar surface area (TPSA) is 8.29 Å². The number of hydrogen-bond acceptors (Lipinski definition) is 0. The third-order valence-corrected chi connectivity index (χ3v) is 8.30. The summed E-state index contributed by atoms with van der Waals surface area (Å²) in [6.07, 6.45) is 8.72. The van der Waals surface area contributed by atoms with Gasteiger partial charge in [-0.1, -0.05) is 37.8 Å². The highest BCUT2D eigenvalue weighted by Crippen LogP contribution is 2.43. The highest BCUT2D eigenvalue weighted by atomic mass is 19.1. The zero-order valence-corrected chi connectivity index (χ0v) is 19.5. The van der Waals surface area contributed by atoms with Crippen LogP contribution in [-0.2, 0) is 13.5 Å². The molecule has 1 aliphatic carbocycles. The van der Waals surface area contributed by atoms with Crippen LogP contribution in [0.15, 0.2) is 48.7 Å². The fourth-order valence-corrected chi connectivity index (χ4v) is 6.64. The average molecular weight is 436 g/mol. The van der Waals surface area contributed by atoms with Gasteiger partial charge in [-0.3, -0.25) is 0 Å². The number of fused-ring (bicyclic) bond motifs is 5. The molecule has 6 aromatic rings. The lowest BCUT2D eigenvalue weighted by Crippen LogP contribution is -2.29. The molecule has 1 fully saturated rings. The van der Waals surface area contributed by atoms with Gasteiger partial charge in [-0.05, 0) is 72.5 Å². The number of pyridine rings is 2. The molecule has 3 heterocycles. The molecular formula is C30H28FN2+. The largest absolute Gasteiger partial charge is 0.307 e. The van der Waals surface area contributed by atoms with Crippen molar-refractivity contribution < 1.29 is 8.96 Å². The van der Waals surface area contributed by atoms with Crippen molar-refractivity contribution in [3.63, 3.8) is 0 Å². The van der Waals surface area contributed by atoms with Gasteiger partial charge >= 0.3 is 0 Å². The third-order valence-electron chi connectivity index (χ3n) is 8.30. The minimum absolute atomic E-state index is 0.140. The Morgan fingerprint density at radius 2 is 1.79 bits per heavy atom. The van der Waals surface area contributed by atoms with E-state index >= 15 is 4.39 Å². The second-order valence-corrected chi connectivity index (χ2v) is 10.3. The van der Waals surface area contributed by atoms with Gasteiger partial charge in [0, 0.05) is 16.8 Å². The van der Waals surface area contributed by atoms with Crippen molar-refractivity contribution in [3.8, 4) is 0 Å². The van der Waals surface area contributed by atoms with Crippen LogP contribution in [0.2, 0.25) is 0 Å². The van der Waals surface area contributed by atoms with Crippen LogP contribution in [0, 0.1) is 25.6 Å². The minimum Gasteiger partial charge on any atom is -0.307 e. The lowest BCUT2D eigenvalue weighted by molar-refractivity contribution is -0.643. The van der Waals surface area contributed by atoms with E-state index in [4.69, 9.17) is 0 Å². The first-order valence-corrected chi connectivity index (χ1v) is 12.2. The Balaban J connectivity index is 1.76. The van der Waals surface area contributed by atoms with E-state index in [1.807, 2.05) is 6.07 Å². The normalized spacial score (nSPS) is 15.4. The molecule has 0 spiro atoms. The molecule has 2 nitrogen and oxygen atoms in total. The molecule has 1 saturated carbocycles. The smallest absolute Gasteiger partial charge is 0.224 e. The van der Waals surface area contributed by atoms with Gasteiger partial charge in [0.15, 0.2) is 6.20 Å². The first-order chi connectivity index (χ1) is 16.0. The molecule has 0 bridgehead atoms. The number of aromatic nitrogens is 2. The Kier molecular flexibility index (Phi) is 3.89. The Labute approximate surface area is 192 Å². The summed E-state index contributed by atoms with van der Waals surface area (Å²) in [5, 5.41) is 5.56. The SMILES string of the molecule is Cc1cc2c3c(F)cccc3n3c4cc(CC5CCCC5)cc5cc[n+](C)c(c(c1C)c23)c54. The van der Waals surface area contributed by atoms with Crippen molar-refractivity contribution in [2.24, 2.45) is 13.0 Å². The third kappa shape index (κ3) is 2.51. The lowest BCUT2D eigenvalue weighted by atomic mass is 9.93. The van der Waals surface area contributed by atoms with Crippen molar-refractivity contribution >= 4 is 49.0 Å². The van der Waals surface area contributed by atoms with Gasteiger partial charge in [-0.25, -0.2) is 8.96 Å². The van der Waals surface area contributed by atoms with Gasteiger partial charge in [0.1, 0.15) is 12.9 Å². The summed E-state index contributed by atoms with van der Waals surface area (Å²) in [6.45, 7) is 4.36. The quantitative estimate of drug-likeness (QED) is 0.153. The Morgan fingerprint density at radius 1 is 0.970 bits per heavy atom. The zero-order valence-electron chi connectivity index (χ0n) is 19.5. The van der Waals surface area contributed by atoms with Gasteiger partial charge in [-0.15, -0.1) is 0 Å². The van der Waals surface area contributed by atoms with Crippen LogP contribution in [0.3, 0.4) is 0 Å². The van der Waals surface area contributed by atoms with Gasteiger partial charge in [-0.2, -0.15) is 0 Å². The molecule has 3 aromatic heterocycles. The van der Waals surface area contributed by atoms with Gasteiger partial charge in [0.2, 0.25) is 5.52 Å². The van der Waals surface area contributed by atoms with Crippen molar-refractivity contribution in [1.82, 2.24) is 4.40 Å². The molecule has 33 heavy (non-hydrogen) atoms. The highest BCUT2D eigenvalue weighted by Gasteiger charge is 2.26. The minimum atomic E-state index is -0.140. The molecule has 164 valence electrons. The number of benzene rings is 3. The van der Waals surface area contributed by atoms with Crippen LogP contribution in [0.5, 0.6) is 0 Å². The fraction of sp³-hybridized carbons (Fsp3) is 0.300. The summed E-state index contributed by atoms with van der Waals surface area (Å²) in [5.74, 6) is 0.646. The molecule has 0 radical (unpaired) electrons. The molecule has 0 unspecified atom stereocenters. The van der Waals surface area contributed by atoms with Crippen molar-refractivity contribution in [2.45, 2.75) is 46.0 Å².